The number of pyridine rings is 1. The smallest absolute Gasteiger partial charge is 0.416 e. The maximum atomic E-state index is 12.9. The topological polar surface area (TPSA) is 50.9 Å². The molecule has 0 amide bonds. The molecule has 0 saturated heterocycles. The second-order valence-electron chi connectivity index (χ2n) is 8.20. The second kappa shape index (κ2) is 12.2. The van der Waals surface area contributed by atoms with Gasteiger partial charge in [0.15, 0.2) is 0 Å². The number of benzene rings is 1. The Labute approximate surface area is 214 Å². The molecule has 0 atom stereocenters. The number of aromatic hydroxyl groups is 1. The summed E-state index contributed by atoms with van der Waals surface area (Å²) in [6.07, 6.45) is 5.14. The highest BCUT2D eigenvalue weighted by molar-refractivity contribution is 7.15. The third-order valence-electron chi connectivity index (χ3n) is 5.79. The van der Waals surface area contributed by atoms with E-state index in [4.69, 9.17) is 4.98 Å². The van der Waals surface area contributed by atoms with Crippen molar-refractivity contribution in [3.8, 4) is 16.3 Å². The Morgan fingerprint density at radius 1 is 1.11 bits per heavy atom. The first kappa shape index (κ1) is 27.5. The summed E-state index contributed by atoms with van der Waals surface area (Å²) in [5.74, 6) is 0.179. The molecule has 1 N–H and O–H groups in total. The van der Waals surface area contributed by atoms with Crippen molar-refractivity contribution in [2.24, 2.45) is 0 Å². The highest BCUT2D eigenvalue weighted by atomic mass is 32.1. The number of unbranched alkanes of at least 4 members (excludes halogenated alkanes) is 1. The number of aromatic nitrogens is 3. The fraction of sp³-hybridized carbons (Fsp3) is 0.357. The van der Waals surface area contributed by atoms with E-state index >= 15 is 0 Å². The minimum atomic E-state index is -4.36. The fourth-order valence-corrected chi connectivity index (χ4v) is 5.06. The van der Waals surface area contributed by atoms with E-state index in [0.29, 0.717) is 23.5 Å². The van der Waals surface area contributed by atoms with E-state index in [1.165, 1.54) is 29.7 Å². The average Bonchev–Trinajstić information content (AvgIpc) is 3.47. The van der Waals surface area contributed by atoms with Gasteiger partial charge in [-0.05, 0) is 43.9 Å². The van der Waals surface area contributed by atoms with Crippen LogP contribution in [0.2, 0.25) is 0 Å². The lowest BCUT2D eigenvalue weighted by molar-refractivity contribution is -0.137. The molecule has 0 aliphatic heterocycles. The summed E-state index contributed by atoms with van der Waals surface area (Å²) in [5, 5.41) is 11.9. The molecular formula is C28H32F3N3OS. The van der Waals surface area contributed by atoms with Crippen molar-refractivity contribution >= 4 is 22.4 Å². The summed E-state index contributed by atoms with van der Waals surface area (Å²) in [5.41, 5.74) is 2.61. The molecule has 0 unspecified atom stereocenters. The number of alkyl halides is 3. The van der Waals surface area contributed by atoms with Crippen LogP contribution < -0.4 is 0 Å². The number of nitrogens with zero attached hydrogens (tertiary/aromatic N) is 3. The molecule has 3 aromatic heterocycles. The number of allylic oxidation sites excluding steroid dienone is 1. The van der Waals surface area contributed by atoms with Gasteiger partial charge in [-0.1, -0.05) is 45.4 Å². The van der Waals surface area contributed by atoms with Crippen molar-refractivity contribution in [3.63, 3.8) is 0 Å². The zero-order chi connectivity index (χ0) is 26.3. The van der Waals surface area contributed by atoms with E-state index in [0.717, 1.165) is 65.0 Å². The lowest BCUT2D eigenvalue weighted by Gasteiger charge is -2.08. The molecule has 4 aromatic rings. The fourth-order valence-electron chi connectivity index (χ4n) is 3.94. The Morgan fingerprint density at radius 3 is 2.47 bits per heavy atom. The number of halogens is 3. The molecule has 8 heteroatoms. The van der Waals surface area contributed by atoms with E-state index < -0.39 is 11.7 Å². The lowest BCUT2D eigenvalue weighted by Crippen LogP contribution is -2.03. The first-order chi connectivity index (χ1) is 17.3. The molecule has 0 bridgehead atoms. The number of fused-ring (bicyclic) bond motifs is 1. The maximum Gasteiger partial charge on any atom is 0.416 e. The van der Waals surface area contributed by atoms with Crippen molar-refractivity contribution in [1.82, 2.24) is 14.5 Å². The second-order valence-corrected chi connectivity index (χ2v) is 9.28. The van der Waals surface area contributed by atoms with Crippen molar-refractivity contribution < 1.29 is 18.3 Å². The summed E-state index contributed by atoms with van der Waals surface area (Å²) in [6.45, 7) is 10.4. The van der Waals surface area contributed by atoms with E-state index in [-0.39, 0.29) is 5.75 Å². The summed E-state index contributed by atoms with van der Waals surface area (Å²) >= 11 is 1.50. The highest BCUT2D eigenvalue weighted by Gasteiger charge is 2.30. The Kier molecular flexibility index (Phi) is 9.31. The van der Waals surface area contributed by atoms with Crippen LogP contribution in [0, 0.1) is 0 Å². The standard InChI is InChI=1S/C26H26F3N3OS.C2H6/c1-3-5-7-19-20-13-14-32(24(20)30-15-22(19)33)16-23-21(8-6-4-2)31-25(34-23)17-9-11-18(12-10-17)26(27,28)29;1-2/h3,9-15,33H,1,4-8,16H2,2H3;1-2H3. The largest absolute Gasteiger partial charge is 0.506 e. The summed E-state index contributed by atoms with van der Waals surface area (Å²) in [4.78, 5) is 10.3. The first-order valence-electron chi connectivity index (χ1n) is 12.2. The van der Waals surface area contributed by atoms with E-state index in [9.17, 15) is 18.3 Å². The zero-order valence-corrected chi connectivity index (χ0v) is 21.7. The van der Waals surface area contributed by atoms with Gasteiger partial charge in [0.05, 0.1) is 24.0 Å². The molecule has 1 aromatic carbocycles. The van der Waals surface area contributed by atoms with Crippen LogP contribution in [0.25, 0.3) is 21.6 Å². The van der Waals surface area contributed by atoms with Crippen LogP contribution in [-0.2, 0) is 25.6 Å². The summed E-state index contributed by atoms with van der Waals surface area (Å²) in [7, 11) is 0. The van der Waals surface area contributed by atoms with Crippen LogP contribution in [0.5, 0.6) is 5.75 Å². The van der Waals surface area contributed by atoms with Gasteiger partial charge in [0, 0.05) is 27.6 Å². The van der Waals surface area contributed by atoms with Gasteiger partial charge >= 0.3 is 6.18 Å². The molecule has 3 heterocycles. The first-order valence-corrected chi connectivity index (χ1v) is 13.1. The highest BCUT2D eigenvalue weighted by Crippen LogP contribution is 2.34. The molecule has 0 aliphatic rings. The van der Waals surface area contributed by atoms with Gasteiger partial charge in [-0.2, -0.15) is 13.2 Å². The molecule has 0 fully saturated rings. The van der Waals surface area contributed by atoms with E-state index in [1.807, 2.05) is 36.8 Å². The van der Waals surface area contributed by atoms with Crippen molar-refractivity contribution in [3.05, 3.63) is 77.1 Å². The number of thiazole rings is 1. The average molecular weight is 516 g/mol. The molecule has 0 aliphatic carbocycles. The molecule has 192 valence electrons. The number of rotatable bonds is 9. The minimum absolute atomic E-state index is 0.179. The quantitative estimate of drug-likeness (QED) is 0.228. The Morgan fingerprint density at radius 2 is 1.83 bits per heavy atom. The third kappa shape index (κ3) is 6.16. The Hall–Kier alpha value is -3.13. The van der Waals surface area contributed by atoms with Crippen LogP contribution in [0.15, 0.2) is 55.4 Å². The molecule has 4 nitrogen and oxygen atoms in total. The molecule has 0 spiro atoms. The van der Waals surface area contributed by atoms with Crippen molar-refractivity contribution in [1.29, 1.82) is 0 Å². The van der Waals surface area contributed by atoms with Crippen LogP contribution in [0.1, 0.15) is 61.7 Å². The summed E-state index contributed by atoms with van der Waals surface area (Å²) in [6, 6.07) is 7.13. The normalized spacial score (nSPS) is 11.4. The SMILES string of the molecule is C=CCCc1c(O)cnc2c1ccn2Cc1sc(-c2ccc(C(F)(F)F)cc2)nc1CCCC.CC. The number of hydrogen-bond acceptors (Lipinski definition) is 4. The monoisotopic (exact) mass is 515 g/mol. The van der Waals surface area contributed by atoms with Gasteiger partial charge in [-0.15, -0.1) is 17.9 Å². The molecular weight excluding hydrogens is 483 g/mol. The van der Waals surface area contributed by atoms with Crippen LogP contribution in [0.4, 0.5) is 13.2 Å². The third-order valence-corrected chi connectivity index (χ3v) is 6.93. The molecule has 0 saturated carbocycles. The van der Waals surface area contributed by atoms with E-state index in [2.05, 4.69) is 18.5 Å². The van der Waals surface area contributed by atoms with Gasteiger partial charge in [-0.3, -0.25) is 0 Å². The van der Waals surface area contributed by atoms with E-state index in [1.54, 1.807) is 0 Å². The van der Waals surface area contributed by atoms with Gasteiger partial charge in [0.2, 0.25) is 0 Å². The predicted molar refractivity (Wildman–Crippen MR) is 142 cm³/mol. The van der Waals surface area contributed by atoms with Gasteiger partial charge < -0.3 is 9.67 Å². The van der Waals surface area contributed by atoms with Crippen molar-refractivity contribution in [2.45, 2.75) is 65.6 Å². The summed E-state index contributed by atoms with van der Waals surface area (Å²) < 4.78 is 40.9. The molecule has 4 rings (SSSR count). The van der Waals surface area contributed by atoms with Gasteiger partial charge in [0.1, 0.15) is 16.4 Å². The molecule has 36 heavy (non-hydrogen) atoms. The van der Waals surface area contributed by atoms with Crippen LogP contribution in [-0.4, -0.2) is 19.6 Å². The Balaban J connectivity index is 0.00000176. The van der Waals surface area contributed by atoms with Gasteiger partial charge in [0.25, 0.3) is 0 Å². The van der Waals surface area contributed by atoms with Crippen LogP contribution in [0.3, 0.4) is 0 Å². The number of aryl methyl sites for hydroxylation is 2. The maximum absolute atomic E-state index is 12.9. The lowest BCUT2D eigenvalue weighted by atomic mass is 10.1. The van der Waals surface area contributed by atoms with Crippen molar-refractivity contribution in [2.75, 3.05) is 0 Å². The Bertz CT molecular complexity index is 1290. The number of hydrogen-bond donors (Lipinski definition) is 1. The minimum Gasteiger partial charge on any atom is -0.506 e. The van der Waals surface area contributed by atoms with Gasteiger partial charge in [-0.25, -0.2) is 9.97 Å². The zero-order valence-electron chi connectivity index (χ0n) is 20.9. The van der Waals surface area contributed by atoms with Crippen LogP contribution >= 0.6 is 11.3 Å². The molecule has 0 radical (unpaired) electrons. The predicted octanol–water partition coefficient (Wildman–Crippen LogP) is 8.42.